The average Bonchev–Trinajstić information content (AvgIpc) is 2.25. The van der Waals surface area contributed by atoms with Crippen molar-refractivity contribution in [2.45, 2.75) is 12.8 Å². The minimum atomic E-state index is -5.35. The fraction of sp³-hybridized carbons (Fsp3) is 0.250. The van der Waals surface area contributed by atoms with E-state index in [1.807, 2.05) is 0 Å². The quantitative estimate of drug-likeness (QED) is 0.368. The average molecular weight is 286 g/mol. The number of halogens is 5. The summed E-state index contributed by atoms with van der Waals surface area (Å²) in [5, 5.41) is 10.5. The fourth-order valence-electron chi connectivity index (χ4n) is 1.10. The molecule has 1 aromatic heterocycles. The van der Waals surface area contributed by atoms with Crippen LogP contribution in [0.15, 0.2) is 6.07 Å². The fourth-order valence-corrected chi connectivity index (χ4v) is 1.10. The number of carbonyl (C=O) groups is 1. The number of pyridine rings is 1. The molecule has 0 radical (unpaired) electrons. The van der Waals surface area contributed by atoms with Crippen molar-refractivity contribution in [2.75, 3.05) is 0 Å². The van der Waals surface area contributed by atoms with Gasteiger partial charge in [-0.15, -0.1) is 13.2 Å². The summed E-state index contributed by atoms with van der Waals surface area (Å²) in [6, 6.07) is 0.239. The van der Waals surface area contributed by atoms with Crippen LogP contribution >= 0.6 is 0 Å². The molecule has 0 saturated heterocycles. The van der Waals surface area contributed by atoms with Gasteiger partial charge in [-0.25, -0.2) is 13.8 Å². The molecule has 0 N–H and O–H groups in total. The summed E-state index contributed by atoms with van der Waals surface area (Å²) < 4.78 is 63.9. The van der Waals surface area contributed by atoms with Crippen molar-refractivity contribution in [3.63, 3.8) is 0 Å². The van der Waals surface area contributed by atoms with E-state index >= 15 is 0 Å². The van der Waals surface area contributed by atoms with Crippen molar-refractivity contribution in [1.82, 2.24) is 4.98 Å². The van der Waals surface area contributed by atoms with Gasteiger partial charge < -0.3 is 4.74 Å². The first-order valence-electron chi connectivity index (χ1n) is 4.34. The van der Waals surface area contributed by atoms with Crippen LogP contribution in [0.5, 0.6) is 5.88 Å². The van der Waals surface area contributed by atoms with Crippen LogP contribution in [0.4, 0.5) is 27.6 Å². The lowest BCUT2D eigenvalue weighted by molar-refractivity contribution is -0.389. The minimum absolute atomic E-state index is 0.182. The summed E-state index contributed by atoms with van der Waals surface area (Å²) in [5.41, 5.74) is -3.57. The van der Waals surface area contributed by atoms with Gasteiger partial charge in [0.15, 0.2) is 6.29 Å². The molecule has 0 aromatic carbocycles. The Labute approximate surface area is 101 Å². The van der Waals surface area contributed by atoms with Crippen LogP contribution in [0, 0.1) is 10.1 Å². The molecule has 0 saturated carbocycles. The summed E-state index contributed by atoms with van der Waals surface area (Å²) >= 11 is 0. The van der Waals surface area contributed by atoms with Gasteiger partial charge in [0.25, 0.3) is 6.43 Å². The molecule has 19 heavy (non-hydrogen) atoms. The van der Waals surface area contributed by atoms with Crippen LogP contribution in [0.1, 0.15) is 22.5 Å². The molecule has 0 amide bonds. The summed E-state index contributed by atoms with van der Waals surface area (Å²) in [6.45, 7) is 0. The van der Waals surface area contributed by atoms with Crippen molar-refractivity contribution >= 4 is 12.0 Å². The van der Waals surface area contributed by atoms with Gasteiger partial charge in [0.1, 0.15) is 5.69 Å². The number of rotatable bonds is 4. The lowest BCUT2D eigenvalue weighted by Crippen LogP contribution is -2.19. The standard InChI is InChI=1S/C8H3F5N2O4/c9-6(10)5-3(2-16)1-4(15(17)18)7(14-5)19-8(11,12)13/h1-2,6H. The van der Waals surface area contributed by atoms with Gasteiger partial charge >= 0.3 is 17.9 Å². The molecule has 11 heteroatoms. The summed E-state index contributed by atoms with van der Waals surface area (Å²) in [5.74, 6) is -1.65. The largest absolute Gasteiger partial charge is 0.574 e. The molecule has 104 valence electrons. The molecule has 0 aliphatic carbocycles. The maximum absolute atomic E-state index is 12.4. The lowest BCUT2D eigenvalue weighted by atomic mass is 10.2. The van der Waals surface area contributed by atoms with Gasteiger partial charge in [0, 0.05) is 11.6 Å². The van der Waals surface area contributed by atoms with Crippen LogP contribution in [-0.4, -0.2) is 22.6 Å². The topological polar surface area (TPSA) is 82.3 Å². The molecule has 0 aliphatic heterocycles. The zero-order chi connectivity index (χ0) is 14.8. The van der Waals surface area contributed by atoms with E-state index in [1.165, 1.54) is 0 Å². The third kappa shape index (κ3) is 3.56. The lowest BCUT2D eigenvalue weighted by Gasteiger charge is -2.10. The molecule has 1 heterocycles. The predicted octanol–water partition coefficient (Wildman–Crippen LogP) is 2.64. The minimum Gasteiger partial charge on any atom is -0.381 e. The van der Waals surface area contributed by atoms with Gasteiger partial charge in [-0.05, 0) is 0 Å². The number of ether oxygens (including phenoxy) is 1. The van der Waals surface area contributed by atoms with Gasteiger partial charge in [-0.2, -0.15) is 0 Å². The highest BCUT2D eigenvalue weighted by Crippen LogP contribution is 2.34. The highest BCUT2D eigenvalue weighted by Gasteiger charge is 2.37. The monoisotopic (exact) mass is 286 g/mol. The Bertz CT molecular complexity index is 517. The summed E-state index contributed by atoms with van der Waals surface area (Å²) in [7, 11) is 0. The Kier molecular flexibility index (Phi) is 3.97. The molecule has 0 aliphatic rings. The summed E-state index contributed by atoms with van der Waals surface area (Å²) in [4.78, 5) is 22.3. The molecule has 6 nitrogen and oxygen atoms in total. The van der Waals surface area contributed by atoms with E-state index in [0.717, 1.165) is 0 Å². The molecular weight excluding hydrogens is 283 g/mol. The number of hydrogen-bond donors (Lipinski definition) is 0. The van der Waals surface area contributed by atoms with Gasteiger partial charge in [0.2, 0.25) is 0 Å². The first-order valence-corrected chi connectivity index (χ1v) is 4.34. The second kappa shape index (κ2) is 5.12. The number of nitrogens with zero attached hydrogens (tertiary/aromatic N) is 2. The second-order valence-electron chi connectivity index (χ2n) is 3.01. The first kappa shape index (κ1) is 14.7. The van der Waals surface area contributed by atoms with Gasteiger partial charge in [0.05, 0.1) is 4.92 Å². The number of hydrogen-bond acceptors (Lipinski definition) is 5. The van der Waals surface area contributed by atoms with Crippen LogP contribution in [0.2, 0.25) is 0 Å². The normalized spacial score (nSPS) is 11.5. The van der Waals surface area contributed by atoms with Gasteiger partial charge in [-0.3, -0.25) is 14.9 Å². The molecule has 0 spiro atoms. The number of carbonyl (C=O) groups excluding carboxylic acids is 1. The SMILES string of the molecule is O=Cc1cc([N+](=O)[O-])c(OC(F)(F)F)nc1C(F)F. The third-order valence-corrected chi connectivity index (χ3v) is 1.77. The van der Waals surface area contributed by atoms with Crippen LogP contribution < -0.4 is 4.74 Å². The number of aromatic nitrogens is 1. The van der Waals surface area contributed by atoms with Crippen molar-refractivity contribution in [3.8, 4) is 5.88 Å². The zero-order valence-electron chi connectivity index (χ0n) is 8.65. The van der Waals surface area contributed by atoms with Crippen molar-refractivity contribution < 1.29 is 36.4 Å². The number of nitro groups is 1. The third-order valence-electron chi connectivity index (χ3n) is 1.77. The van der Waals surface area contributed by atoms with E-state index in [4.69, 9.17) is 0 Å². The van der Waals surface area contributed by atoms with Crippen LogP contribution in [0.3, 0.4) is 0 Å². The Morgan fingerprint density at radius 1 is 1.42 bits per heavy atom. The second-order valence-corrected chi connectivity index (χ2v) is 3.01. The van der Waals surface area contributed by atoms with E-state index in [-0.39, 0.29) is 12.4 Å². The number of alkyl halides is 5. The first-order chi connectivity index (χ1) is 8.65. The Morgan fingerprint density at radius 3 is 2.37 bits per heavy atom. The van der Waals surface area contributed by atoms with Crippen molar-refractivity contribution in [3.05, 3.63) is 27.4 Å². The maximum Gasteiger partial charge on any atom is 0.574 e. The molecule has 1 rings (SSSR count). The number of aldehydes is 1. The van der Waals surface area contributed by atoms with Gasteiger partial charge in [-0.1, -0.05) is 0 Å². The molecule has 1 aromatic rings. The van der Waals surface area contributed by atoms with Crippen molar-refractivity contribution in [1.29, 1.82) is 0 Å². The molecule has 0 atom stereocenters. The molecular formula is C8H3F5N2O4. The predicted molar refractivity (Wildman–Crippen MR) is 47.9 cm³/mol. The van der Waals surface area contributed by atoms with Crippen LogP contribution in [-0.2, 0) is 0 Å². The molecule has 0 unspecified atom stereocenters. The van der Waals surface area contributed by atoms with E-state index in [2.05, 4.69) is 9.72 Å². The van der Waals surface area contributed by atoms with E-state index < -0.39 is 40.5 Å². The van der Waals surface area contributed by atoms with E-state index in [1.54, 1.807) is 0 Å². The molecule has 0 bridgehead atoms. The summed E-state index contributed by atoms with van der Waals surface area (Å²) in [6.07, 6.45) is -8.92. The van der Waals surface area contributed by atoms with E-state index in [9.17, 15) is 36.9 Å². The van der Waals surface area contributed by atoms with Crippen molar-refractivity contribution in [2.24, 2.45) is 0 Å². The Balaban J connectivity index is 3.45. The highest BCUT2D eigenvalue weighted by atomic mass is 19.4. The molecule has 0 fully saturated rings. The highest BCUT2D eigenvalue weighted by molar-refractivity contribution is 5.78. The zero-order valence-corrected chi connectivity index (χ0v) is 8.65. The Morgan fingerprint density at radius 2 is 2.00 bits per heavy atom. The smallest absolute Gasteiger partial charge is 0.381 e. The Hall–Kier alpha value is -2.33. The van der Waals surface area contributed by atoms with E-state index in [0.29, 0.717) is 0 Å². The maximum atomic E-state index is 12.4. The van der Waals surface area contributed by atoms with Crippen LogP contribution in [0.25, 0.3) is 0 Å².